The fourth-order valence-corrected chi connectivity index (χ4v) is 5.40. The molecular weight excluding hydrogens is 494 g/mol. The van der Waals surface area contributed by atoms with Gasteiger partial charge in [0.05, 0.1) is 19.8 Å². The lowest BCUT2D eigenvalue weighted by Crippen LogP contribution is -2.65. The van der Waals surface area contributed by atoms with Crippen molar-refractivity contribution in [3.8, 4) is 11.8 Å². The summed E-state index contributed by atoms with van der Waals surface area (Å²) in [6, 6.07) is -0.852. The molecule has 1 saturated heterocycles. The molecule has 0 spiro atoms. The van der Waals surface area contributed by atoms with Gasteiger partial charge in [-0.1, -0.05) is 51.8 Å². The van der Waals surface area contributed by atoms with Gasteiger partial charge in [0.1, 0.15) is 11.7 Å². The first-order valence-corrected chi connectivity index (χ1v) is 14.0. The molecule has 0 radical (unpaired) electrons. The van der Waals surface area contributed by atoms with E-state index in [1.165, 1.54) is 16.7 Å². The Morgan fingerprint density at radius 2 is 1.86 bits per heavy atom. The lowest BCUT2D eigenvalue weighted by molar-refractivity contribution is -0.134. The number of nitrogens with one attached hydrogen (secondary N) is 1. The third-order valence-electron chi connectivity index (χ3n) is 6.53. The third-order valence-corrected chi connectivity index (χ3v) is 7.37. The molecule has 1 saturated carbocycles. The number of ketones is 1. The van der Waals surface area contributed by atoms with Crippen molar-refractivity contribution in [1.82, 2.24) is 25.3 Å². The van der Waals surface area contributed by atoms with Crippen LogP contribution in [0, 0.1) is 17.8 Å². The van der Waals surface area contributed by atoms with Crippen molar-refractivity contribution in [3.05, 3.63) is 5.89 Å². The Morgan fingerprint density at radius 3 is 2.49 bits per heavy atom. The van der Waals surface area contributed by atoms with E-state index in [-0.39, 0.29) is 17.1 Å². The molecule has 10 nitrogen and oxygen atoms in total. The lowest BCUT2D eigenvalue weighted by atomic mass is 9.85. The molecule has 37 heavy (non-hydrogen) atoms. The summed E-state index contributed by atoms with van der Waals surface area (Å²) >= 11 is 1.37. The SMILES string of the molecule is CC(C)CC(C(=O)c1nnc(SC(C)C)o1)N(C=O)C1(NC(=O)C#CCN2CCOCC2)CCCCC1. The largest absolute Gasteiger partial charge is 0.408 e. The summed E-state index contributed by atoms with van der Waals surface area (Å²) in [6.45, 7) is 11.3. The summed E-state index contributed by atoms with van der Waals surface area (Å²) in [6.07, 6.45) is 4.81. The number of nitrogens with zero attached hydrogens (tertiary/aromatic N) is 4. The fourth-order valence-electron chi connectivity index (χ4n) is 4.79. The summed E-state index contributed by atoms with van der Waals surface area (Å²) in [4.78, 5) is 42.8. The highest BCUT2D eigenvalue weighted by atomic mass is 32.2. The highest BCUT2D eigenvalue weighted by Gasteiger charge is 2.45. The zero-order valence-corrected chi connectivity index (χ0v) is 23.1. The molecule has 1 N–H and O–H groups in total. The maximum absolute atomic E-state index is 13.6. The summed E-state index contributed by atoms with van der Waals surface area (Å²) in [7, 11) is 0. The van der Waals surface area contributed by atoms with Crippen molar-refractivity contribution in [2.45, 2.75) is 88.4 Å². The quantitative estimate of drug-likeness (QED) is 0.151. The highest BCUT2D eigenvalue weighted by molar-refractivity contribution is 7.99. The summed E-state index contributed by atoms with van der Waals surface area (Å²) < 4.78 is 11.0. The van der Waals surface area contributed by atoms with Gasteiger partial charge in [0.15, 0.2) is 0 Å². The predicted octanol–water partition coefficient (Wildman–Crippen LogP) is 2.74. The van der Waals surface area contributed by atoms with E-state index in [9.17, 15) is 14.4 Å². The minimum Gasteiger partial charge on any atom is -0.408 e. The van der Waals surface area contributed by atoms with Gasteiger partial charge in [-0.05, 0) is 43.9 Å². The van der Waals surface area contributed by atoms with Gasteiger partial charge in [-0.15, -0.1) is 10.2 Å². The molecule has 11 heteroatoms. The Labute approximate surface area is 223 Å². The highest BCUT2D eigenvalue weighted by Crippen LogP contribution is 2.34. The molecule has 0 aromatic carbocycles. The van der Waals surface area contributed by atoms with E-state index < -0.39 is 23.4 Å². The summed E-state index contributed by atoms with van der Waals surface area (Å²) in [5.41, 5.74) is -1.00. The van der Waals surface area contributed by atoms with Crippen LogP contribution in [-0.4, -0.2) is 87.9 Å². The summed E-state index contributed by atoms with van der Waals surface area (Å²) in [5.74, 6) is 4.75. The molecule has 1 aliphatic carbocycles. The maximum atomic E-state index is 13.6. The molecule has 1 aromatic heterocycles. The standard InChI is InChI=1S/C26H39N5O5S/c1-19(2)17-21(23(34)24-28-29-25(36-24)37-20(3)4)31(18-32)26(10-6-5-7-11-26)27-22(33)9-8-12-30-13-15-35-16-14-30/h18-21H,5-7,10-17H2,1-4H3,(H,27,33). The van der Waals surface area contributed by atoms with Crippen LogP contribution in [0.5, 0.6) is 0 Å². The van der Waals surface area contributed by atoms with Crippen LogP contribution in [0.2, 0.25) is 0 Å². The van der Waals surface area contributed by atoms with Gasteiger partial charge in [-0.2, -0.15) is 0 Å². The van der Waals surface area contributed by atoms with Crippen molar-refractivity contribution in [3.63, 3.8) is 0 Å². The van der Waals surface area contributed by atoms with Crippen molar-refractivity contribution >= 4 is 29.9 Å². The summed E-state index contributed by atoms with van der Waals surface area (Å²) in [5, 5.41) is 11.5. The van der Waals surface area contributed by atoms with Crippen LogP contribution in [0.25, 0.3) is 0 Å². The number of Topliss-reactive ketones (excluding diaryl/α,β-unsaturated/α-hetero) is 1. The smallest absolute Gasteiger partial charge is 0.297 e. The number of rotatable bonds is 11. The molecule has 2 heterocycles. The van der Waals surface area contributed by atoms with Gasteiger partial charge in [0, 0.05) is 18.3 Å². The van der Waals surface area contributed by atoms with E-state index in [0.29, 0.717) is 50.7 Å². The normalized spacial score (nSPS) is 18.6. The Hall–Kier alpha value is -2.42. The van der Waals surface area contributed by atoms with E-state index in [4.69, 9.17) is 9.15 Å². The number of thioether (sulfide) groups is 1. The Bertz CT molecular complexity index is 973. The van der Waals surface area contributed by atoms with Crippen LogP contribution >= 0.6 is 11.8 Å². The second-order valence-electron chi connectivity index (χ2n) is 10.3. The molecule has 1 unspecified atom stereocenters. The minimum atomic E-state index is -1.00. The van der Waals surface area contributed by atoms with Gasteiger partial charge in [-0.25, -0.2) is 0 Å². The van der Waals surface area contributed by atoms with E-state index >= 15 is 0 Å². The van der Waals surface area contributed by atoms with Crippen LogP contribution in [-0.2, 0) is 14.3 Å². The second-order valence-corrected chi connectivity index (χ2v) is 11.8. The average molecular weight is 534 g/mol. The number of amides is 2. The number of morpholine rings is 1. The maximum Gasteiger partial charge on any atom is 0.297 e. The molecule has 2 amide bonds. The van der Waals surface area contributed by atoms with E-state index in [1.54, 1.807) is 0 Å². The van der Waals surface area contributed by atoms with Gasteiger partial charge in [-0.3, -0.25) is 19.3 Å². The number of hydrogen-bond acceptors (Lipinski definition) is 9. The van der Waals surface area contributed by atoms with Crippen LogP contribution < -0.4 is 5.32 Å². The first kappa shape index (κ1) is 29.1. The van der Waals surface area contributed by atoms with Gasteiger partial charge >= 0.3 is 0 Å². The lowest BCUT2D eigenvalue weighted by Gasteiger charge is -2.47. The van der Waals surface area contributed by atoms with Gasteiger partial charge < -0.3 is 19.4 Å². The van der Waals surface area contributed by atoms with Crippen molar-refractivity contribution in [2.24, 2.45) is 5.92 Å². The predicted molar refractivity (Wildman–Crippen MR) is 140 cm³/mol. The van der Waals surface area contributed by atoms with Crippen molar-refractivity contribution < 1.29 is 23.5 Å². The number of hydrogen-bond donors (Lipinski definition) is 1. The van der Waals surface area contributed by atoms with Crippen LogP contribution in [0.4, 0.5) is 0 Å². The van der Waals surface area contributed by atoms with E-state index in [2.05, 4.69) is 32.3 Å². The molecular formula is C26H39N5O5S. The topological polar surface area (TPSA) is 118 Å². The van der Waals surface area contributed by atoms with Crippen LogP contribution in [0.3, 0.4) is 0 Å². The molecule has 2 aliphatic rings. The monoisotopic (exact) mass is 533 g/mol. The zero-order valence-electron chi connectivity index (χ0n) is 22.3. The number of aromatic nitrogens is 2. The van der Waals surface area contributed by atoms with Crippen molar-refractivity contribution in [1.29, 1.82) is 0 Å². The first-order valence-electron chi connectivity index (χ1n) is 13.1. The van der Waals surface area contributed by atoms with Gasteiger partial charge in [0.25, 0.3) is 17.0 Å². The third kappa shape index (κ3) is 8.28. The average Bonchev–Trinajstić information content (AvgIpc) is 3.32. The fraction of sp³-hybridized carbons (Fsp3) is 0.731. The Morgan fingerprint density at radius 1 is 1.16 bits per heavy atom. The molecule has 2 fully saturated rings. The number of carbonyl (C=O) groups is 3. The van der Waals surface area contributed by atoms with Crippen LogP contribution in [0.15, 0.2) is 9.64 Å². The van der Waals surface area contributed by atoms with Crippen molar-refractivity contribution in [2.75, 3.05) is 32.8 Å². The zero-order chi connectivity index (χ0) is 26.8. The van der Waals surface area contributed by atoms with Gasteiger partial charge in [0.2, 0.25) is 12.2 Å². The molecule has 0 bridgehead atoms. The Kier molecular flexibility index (Phi) is 11.0. The first-order chi connectivity index (χ1) is 17.7. The number of carbonyl (C=O) groups excluding carboxylic acids is 3. The number of ether oxygens (including phenoxy) is 1. The van der Waals surface area contributed by atoms with Crippen LogP contribution in [0.1, 0.15) is 76.9 Å². The molecule has 1 aromatic rings. The molecule has 204 valence electrons. The molecule has 3 rings (SSSR count). The second kappa shape index (κ2) is 13.9. The molecule has 1 atom stereocenters. The minimum absolute atomic E-state index is 0.105. The Balaban J connectivity index is 1.83. The van der Waals surface area contributed by atoms with E-state index in [0.717, 1.165) is 32.4 Å². The van der Waals surface area contributed by atoms with E-state index in [1.807, 2.05) is 27.7 Å². The molecule has 1 aliphatic heterocycles.